The van der Waals surface area contributed by atoms with Crippen LogP contribution in [-0.4, -0.2) is 52.1 Å². The molecule has 5 nitrogen and oxygen atoms in total. The molecule has 102 valence electrons. The van der Waals surface area contributed by atoms with Gasteiger partial charge in [0.15, 0.2) is 0 Å². The number of aliphatic carboxylic acids is 1. The van der Waals surface area contributed by atoms with E-state index in [0.29, 0.717) is 18.2 Å². The number of carboxylic acid groups (broad SMARTS) is 1. The van der Waals surface area contributed by atoms with Gasteiger partial charge >= 0.3 is 12.0 Å². The molecule has 6 heteroatoms. The summed E-state index contributed by atoms with van der Waals surface area (Å²) >= 11 is 1.59. The van der Waals surface area contributed by atoms with E-state index < -0.39 is 12.0 Å². The number of amides is 2. The number of nitrogens with zero attached hydrogens (tertiary/aromatic N) is 1. The van der Waals surface area contributed by atoms with E-state index in [1.165, 1.54) is 4.90 Å². The summed E-state index contributed by atoms with van der Waals surface area (Å²) in [6, 6.07) is -0.677. The van der Waals surface area contributed by atoms with Crippen molar-refractivity contribution in [3.63, 3.8) is 0 Å². The largest absolute Gasteiger partial charge is 0.480 e. The highest BCUT2D eigenvalue weighted by molar-refractivity contribution is 7.99. The molecule has 3 atom stereocenters. The molecular weight excluding hydrogens is 252 g/mol. The number of rotatable bonds is 2. The summed E-state index contributed by atoms with van der Waals surface area (Å²) in [6.45, 7) is 2.66. The highest BCUT2D eigenvalue weighted by Gasteiger charge is 2.34. The van der Waals surface area contributed by atoms with Crippen LogP contribution in [0.3, 0.4) is 0 Å². The van der Waals surface area contributed by atoms with Crippen molar-refractivity contribution in [2.45, 2.75) is 38.3 Å². The van der Waals surface area contributed by atoms with Crippen LogP contribution in [0, 0.1) is 5.92 Å². The van der Waals surface area contributed by atoms with Gasteiger partial charge in [-0.15, -0.1) is 0 Å². The summed E-state index contributed by atoms with van der Waals surface area (Å²) < 4.78 is 0. The molecule has 2 amide bonds. The fraction of sp³-hybridized carbons (Fsp3) is 0.833. The molecule has 3 unspecified atom stereocenters. The second kappa shape index (κ2) is 5.82. The van der Waals surface area contributed by atoms with Crippen LogP contribution in [-0.2, 0) is 4.79 Å². The maximum Gasteiger partial charge on any atom is 0.327 e. The summed E-state index contributed by atoms with van der Waals surface area (Å²) in [5.74, 6) is 0.897. The minimum atomic E-state index is -0.906. The van der Waals surface area contributed by atoms with Crippen LogP contribution >= 0.6 is 11.8 Å². The summed E-state index contributed by atoms with van der Waals surface area (Å²) in [6.07, 6.45) is 3.29. The second-order valence-electron chi connectivity index (χ2n) is 5.09. The Labute approximate surface area is 111 Å². The molecule has 1 aliphatic heterocycles. The Morgan fingerprint density at radius 2 is 2.17 bits per heavy atom. The Hall–Kier alpha value is -0.910. The van der Waals surface area contributed by atoms with Gasteiger partial charge in [-0.1, -0.05) is 13.3 Å². The van der Waals surface area contributed by atoms with E-state index in [9.17, 15) is 9.59 Å². The SMILES string of the molecule is CC1CCCC1NC(=O)N1CCSCC1C(=O)O. The summed E-state index contributed by atoms with van der Waals surface area (Å²) in [5, 5.41) is 12.1. The predicted molar refractivity (Wildman–Crippen MR) is 70.8 cm³/mol. The average molecular weight is 272 g/mol. The molecule has 0 aromatic carbocycles. The second-order valence-corrected chi connectivity index (χ2v) is 6.24. The van der Waals surface area contributed by atoms with Crippen molar-refractivity contribution < 1.29 is 14.7 Å². The van der Waals surface area contributed by atoms with Gasteiger partial charge in [-0.2, -0.15) is 11.8 Å². The van der Waals surface area contributed by atoms with E-state index in [4.69, 9.17) is 5.11 Å². The first kappa shape index (κ1) is 13.5. The van der Waals surface area contributed by atoms with E-state index in [-0.39, 0.29) is 12.1 Å². The molecule has 2 fully saturated rings. The smallest absolute Gasteiger partial charge is 0.327 e. The Bertz CT molecular complexity index is 337. The summed E-state index contributed by atoms with van der Waals surface area (Å²) in [4.78, 5) is 24.8. The number of urea groups is 1. The zero-order chi connectivity index (χ0) is 13.1. The molecule has 0 aromatic heterocycles. The number of hydrogen-bond acceptors (Lipinski definition) is 3. The van der Waals surface area contributed by atoms with E-state index in [1.807, 2.05) is 0 Å². The molecule has 1 heterocycles. The van der Waals surface area contributed by atoms with Crippen molar-refractivity contribution in [3.05, 3.63) is 0 Å². The molecule has 18 heavy (non-hydrogen) atoms. The Kier molecular flexibility index (Phi) is 4.37. The van der Waals surface area contributed by atoms with Gasteiger partial charge in [0.05, 0.1) is 0 Å². The number of hydrogen-bond donors (Lipinski definition) is 2. The van der Waals surface area contributed by atoms with E-state index in [1.54, 1.807) is 11.8 Å². The number of carbonyl (C=O) groups excluding carboxylic acids is 1. The zero-order valence-electron chi connectivity index (χ0n) is 10.6. The lowest BCUT2D eigenvalue weighted by molar-refractivity contribution is -0.141. The van der Waals surface area contributed by atoms with Gasteiger partial charge < -0.3 is 15.3 Å². The minimum Gasteiger partial charge on any atom is -0.480 e. The fourth-order valence-electron chi connectivity index (χ4n) is 2.65. The lowest BCUT2D eigenvalue weighted by Crippen LogP contribution is -2.55. The first-order valence-electron chi connectivity index (χ1n) is 6.47. The molecule has 2 aliphatic rings. The molecule has 2 rings (SSSR count). The van der Waals surface area contributed by atoms with Gasteiger partial charge in [-0.05, 0) is 18.8 Å². The van der Waals surface area contributed by atoms with Gasteiger partial charge in [0.1, 0.15) is 6.04 Å². The summed E-state index contributed by atoms with van der Waals surface area (Å²) in [7, 11) is 0. The van der Waals surface area contributed by atoms with Crippen molar-refractivity contribution in [1.82, 2.24) is 10.2 Å². The van der Waals surface area contributed by atoms with E-state index in [0.717, 1.165) is 25.0 Å². The number of thioether (sulfide) groups is 1. The first-order valence-corrected chi connectivity index (χ1v) is 7.62. The molecule has 1 saturated heterocycles. The lowest BCUT2D eigenvalue weighted by Gasteiger charge is -2.34. The number of nitrogens with one attached hydrogen (secondary N) is 1. The lowest BCUT2D eigenvalue weighted by atomic mass is 10.1. The molecule has 0 radical (unpaired) electrons. The molecule has 0 aromatic rings. The predicted octanol–water partition coefficient (Wildman–Crippen LogP) is 1.39. The molecule has 1 aliphatic carbocycles. The van der Waals surface area contributed by atoms with Crippen LogP contribution in [0.15, 0.2) is 0 Å². The molecule has 0 bridgehead atoms. The van der Waals surface area contributed by atoms with Crippen LogP contribution in [0.2, 0.25) is 0 Å². The molecule has 2 N–H and O–H groups in total. The third kappa shape index (κ3) is 2.91. The minimum absolute atomic E-state index is 0.207. The topological polar surface area (TPSA) is 69.6 Å². The quantitative estimate of drug-likeness (QED) is 0.797. The van der Waals surface area contributed by atoms with Crippen molar-refractivity contribution in [2.75, 3.05) is 18.1 Å². The molecular formula is C12H20N2O3S. The number of carbonyl (C=O) groups is 2. The third-order valence-electron chi connectivity index (χ3n) is 3.84. The summed E-state index contributed by atoms with van der Waals surface area (Å²) in [5.41, 5.74) is 0. The maximum absolute atomic E-state index is 12.2. The van der Waals surface area contributed by atoms with Crippen molar-refractivity contribution in [2.24, 2.45) is 5.92 Å². The van der Waals surface area contributed by atoms with Gasteiger partial charge in [-0.3, -0.25) is 0 Å². The van der Waals surface area contributed by atoms with Gasteiger partial charge in [0.2, 0.25) is 0 Å². The number of carboxylic acids is 1. The Morgan fingerprint density at radius 1 is 1.39 bits per heavy atom. The highest BCUT2D eigenvalue weighted by Crippen LogP contribution is 2.25. The third-order valence-corrected chi connectivity index (χ3v) is 4.87. The standard InChI is InChI=1S/C12H20N2O3S/c1-8-3-2-4-9(8)13-12(17)14-5-6-18-7-10(14)11(15)16/h8-10H,2-7H2,1H3,(H,13,17)(H,15,16). The van der Waals surface area contributed by atoms with Crippen molar-refractivity contribution in [3.8, 4) is 0 Å². The van der Waals surface area contributed by atoms with Crippen molar-refractivity contribution in [1.29, 1.82) is 0 Å². The zero-order valence-corrected chi connectivity index (χ0v) is 11.4. The van der Waals surface area contributed by atoms with E-state index >= 15 is 0 Å². The average Bonchev–Trinajstić information content (AvgIpc) is 2.75. The van der Waals surface area contributed by atoms with Crippen molar-refractivity contribution >= 4 is 23.8 Å². The first-order chi connectivity index (χ1) is 8.59. The molecule has 0 spiro atoms. The molecule has 1 saturated carbocycles. The monoisotopic (exact) mass is 272 g/mol. The van der Waals surface area contributed by atoms with Crippen LogP contribution in [0.4, 0.5) is 4.79 Å². The normalized spacial score (nSPS) is 32.3. The Morgan fingerprint density at radius 3 is 2.78 bits per heavy atom. The van der Waals surface area contributed by atoms with Crippen LogP contribution in [0.5, 0.6) is 0 Å². The van der Waals surface area contributed by atoms with Gasteiger partial charge in [0, 0.05) is 24.1 Å². The van der Waals surface area contributed by atoms with Crippen LogP contribution in [0.1, 0.15) is 26.2 Å². The van der Waals surface area contributed by atoms with E-state index in [2.05, 4.69) is 12.2 Å². The van der Waals surface area contributed by atoms with Crippen LogP contribution in [0.25, 0.3) is 0 Å². The highest BCUT2D eigenvalue weighted by atomic mass is 32.2. The fourth-order valence-corrected chi connectivity index (χ4v) is 3.69. The maximum atomic E-state index is 12.2. The Balaban J connectivity index is 1.95. The van der Waals surface area contributed by atoms with Crippen LogP contribution < -0.4 is 5.32 Å². The van der Waals surface area contributed by atoms with Gasteiger partial charge in [0.25, 0.3) is 0 Å². The van der Waals surface area contributed by atoms with Gasteiger partial charge in [-0.25, -0.2) is 9.59 Å².